The zero-order valence-corrected chi connectivity index (χ0v) is 13.4. The van der Waals surface area contributed by atoms with Gasteiger partial charge in [-0.05, 0) is 57.3 Å². The van der Waals surface area contributed by atoms with Gasteiger partial charge < -0.3 is 15.0 Å². The Labute approximate surface area is 128 Å². The number of hydrogen-bond donors (Lipinski definition) is 1. The van der Waals surface area contributed by atoms with E-state index in [-0.39, 0.29) is 6.09 Å². The standard InChI is InChI=1S/C17H30N2O2/c1-2-21-17(20)19-10-8-15(9-11-19)18-16-5-3-4-14(12-16)13-6-7-13/h13-16,18H,2-12H2,1H3. The number of nitrogens with one attached hydrogen (secondary N) is 1. The highest BCUT2D eigenvalue weighted by molar-refractivity contribution is 5.67. The van der Waals surface area contributed by atoms with Crippen LogP contribution in [0.3, 0.4) is 0 Å². The Morgan fingerprint density at radius 3 is 2.48 bits per heavy atom. The van der Waals surface area contributed by atoms with Gasteiger partial charge in [0.25, 0.3) is 0 Å². The van der Waals surface area contributed by atoms with E-state index in [0.29, 0.717) is 12.6 Å². The van der Waals surface area contributed by atoms with Crippen LogP contribution < -0.4 is 5.32 Å². The van der Waals surface area contributed by atoms with E-state index in [1.165, 1.54) is 38.5 Å². The molecule has 4 heteroatoms. The predicted octanol–water partition coefficient (Wildman–Crippen LogP) is 3.17. The van der Waals surface area contributed by atoms with Crippen LogP contribution in [0, 0.1) is 11.8 Å². The number of rotatable bonds is 4. The summed E-state index contributed by atoms with van der Waals surface area (Å²) in [4.78, 5) is 13.6. The summed E-state index contributed by atoms with van der Waals surface area (Å²) in [5.41, 5.74) is 0. The van der Waals surface area contributed by atoms with Crippen molar-refractivity contribution >= 4 is 6.09 Å². The van der Waals surface area contributed by atoms with Crippen molar-refractivity contribution in [1.82, 2.24) is 10.2 Å². The summed E-state index contributed by atoms with van der Waals surface area (Å²) in [6.07, 6.45) is 10.6. The average molecular weight is 294 g/mol. The van der Waals surface area contributed by atoms with Gasteiger partial charge in [-0.25, -0.2) is 4.79 Å². The maximum atomic E-state index is 11.7. The number of amides is 1. The van der Waals surface area contributed by atoms with Crippen molar-refractivity contribution in [3.05, 3.63) is 0 Å². The lowest BCUT2D eigenvalue weighted by molar-refractivity contribution is 0.0929. The molecule has 1 amide bonds. The first-order valence-electron chi connectivity index (χ1n) is 8.94. The lowest BCUT2D eigenvalue weighted by Crippen LogP contribution is -2.49. The minimum atomic E-state index is -0.137. The summed E-state index contributed by atoms with van der Waals surface area (Å²) in [7, 11) is 0. The molecular weight excluding hydrogens is 264 g/mol. The second-order valence-electron chi connectivity index (χ2n) is 7.09. The molecule has 0 aromatic heterocycles. The van der Waals surface area contributed by atoms with Crippen molar-refractivity contribution in [3.8, 4) is 0 Å². The smallest absolute Gasteiger partial charge is 0.409 e. The second-order valence-corrected chi connectivity index (χ2v) is 7.09. The number of piperidine rings is 1. The van der Waals surface area contributed by atoms with E-state index in [0.717, 1.165) is 43.8 Å². The summed E-state index contributed by atoms with van der Waals surface area (Å²) < 4.78 is 5.08. The molecule has 2 atom stereocenters. The van der Waals surface area contributed by atoms with E-state index in [2.05, 4.69) is 5.32 Å². The molecule has 0 spiro atoms. The Hall–Kier alpha value is -0.770. The SMILES string of the molecule is CCOC(=O)N1CCC(NC2CCCC(C3CC3)C2)CC1. The Bertz CT molecular complexity index is 349. The molecule has 3 aliphatic rings. The van der Waals surface area contributed by atoms with Crippen molar-refractivity contribution in [1.29, 1.82) is 0 Å². The maximum Gasteiger partial charge on any atom is 0.409 e. The molecular formula is C17H30N2O2. The topological polar surface area (TPSA) is 41.6 Å². The molecule has 2 aliphatic carbocycles. The molecule has 1 heterocycles. The molecule has 3 fully saturated rings. The van der Waals surface area contributed by atoms with Gasteiger partial charge in [-0.15, -0.1) is 0 Å². The molecule has 4 nitrogen and oxygen atoms in total. The fourth-order valence-corrected chi connectivity index (χ4v) is 4.15. The van der Waals surface area contributed by atoms with Gasteiger partial charge >= 0.3 is 6.09 Å². The van der Waals surface area contributed by atoms with Gasteiger partial charge in [0, 0.05) is 25.2 Å². The van der Waals surface area contributed by atoms with E-state index >= 15 is 0 Å². The highest BCUT2D eigenvalue weighted by Crippen LogP contribution is 2.44. The van der Waals surface area contributed by atoms with Crippen LogP contribution in [0.1, 0.15) is 58.3 Å². The molecule has 3 rings (SSSR count). The lowest BCUT2D eigenvalue weighted by atomic mass is 9.82. The average Bonchev–Trinajstić information content (AvgIpc) is 3.33. The van der Waals surface area contributed by atoms with E-state index in [1.54, 1.807) is 0 Å². The molecule has 120 valence electrons. The van der Waals surface area contributed by atoms with Crippen LogP contribution in [0.15, 0.2) is 0 Å². The van der Waals surface area contributed by atoms with Gasteiger partial charge in [-0.1, -0.05) is 12.8 Å². The Kier molecular flexibility index (Phi) is 5.04. The molecule has 1 N–H and O–H groups in total. The fraction of sp³-hybridized carbons (Fsp3) is 0.941. The van der Waals surface area contributed by atoms with Crippen LogP contribution in [0.4, 0.5) is 4.79 Å². The van der Waals surface area contributed by atoms with Crippen LogP contribution in [0.25, 0.3) is 0 Å². The summed E-state index contributed by atoms with van der Waals surface area (Å²) in [6.45, 7) is 4.03. The quantitative estimate of drug-likeness (QED) is 0.866. The predicted molar refractivity (Wildman–Crippen MR) is 83.2 cm³/mol. The molecule has 1 aliphatic heterocycles. The van der Waals surface area contributed by atoms with E-state index in [4.69, 9.17) is 4.74 Å². The zero-order chi connectivity index (χ0) is 14.7. The maximum absolute atomic E-state index is 11.7. The monoisotopic (exact) mass is 294 g/mol. The van der Waals surface area contributed by atoms with Crippen LogP contribution in [0.2, 0.25) is 0 Å². The molecule has 0 aromatic carbocycles. The van der Waals surface area contributed by atoms with E-state index in [1.807, 2.05) is 11.8 Å². The first-order chi connectivity index (χ1) is 10.3. The summed E-state index contributed by atoms with van der Waals surface area (Å²) in [6, 6.07) is 1.32. The minimum Gasteiger partial charge on any atom is -0.450 e. The van der Waals surface area contributed by atoms with Gasteiger partial charge in [-0.2, -0.15) is 0 Å². The summed E-state index contributed by atoms with van der Waals surface area (Å²) in [5, 5.41) is 3.88. The second kappa shape index (κ2) is 6.99. The van der Waals surface area contributed by atoms with Crippen molar-refractivity contribution in [2.45, 2.75) is 70.4 Å². The normalized spacial score (nSPS) is 31.2. The Morgan fingerprint density at radius 2 is 1.81 bits per heavy atom. The largest absolute Gasteiger partial charge is 0.450 e. The Balaban J connectivity index is 1.39. The third kappa shape index (κ3) is 4.12. The zero-order valence-electron chi connectivity index (χ0n) is 13.4. The van der Waals surface area contributed by atoms with E-state index in [9.17, 15) is 4.79 Å². The van der Waals surface area contributed by atoms with Crippen LogP contribution in [-0.4, -0.2) is 42.8 Å². The fourth-order valence-electron chi connectivity index (χ4n) is 4.15. The van der Waals surface area contributed by atoms with Gasteiger partial charge in [0.2, 0.25) is 0 Å². The summed E-state index contributed by atoms with van der Waals surface area (Å²) in [5.74, 6) is 2.05. The number of carbonyl (C=O) groups excluding carboxylic acids is 1. The van der Waals surface area contributed by atoms with Crippen molar-refractivity contribution in [2.24, 2.45) is 11.8 Å². The molecule has 0 aromatic rings. The van der Waals surface area contributed by atoms with Crippen LogP contribution in [0.5, 0.6) is 0 Å². The molecule has 21 heavy (non-hydrogen) atoms. The molecule has 2 saturated carbocycles. The molecule has 1 saturated heterocycles. The van der Waals surface area contributed by atoms with Crippen molar-refractivity contribution in [3.63, 3.8) is 0 Å². The van der Waals surface area contributed by atoms with Gasteiger partial charge in [0.05, 0.1) is 6.61 Å². The molecule has 0 radical (unpaired) electrons. The molecule has 0 bridgehead atoms. The van der Waals surface area contributed by atoms with Crippen LogP contribution >= 0.6 is 0 Å². The highest BCUT2D eigenvalue weighted by Gasteiger charge is 2.35. The highest BCUT2D eigenvalue weighted by atomic mass is 16.6. The number of likely N-dealkylation sites (tertiary alicyclic amines) is 1. The third-order valence-electron chi connectivity index (χ3n) is 5.50. The Morgan fingerprint density at radius 1 is 1.05 bits per heavy atom. The number of hydrogen-bond acceptors (Lipinski definition) is 3. The van der Waals surface area contributed by atoms with Crippen LogP contribution in [-0.2, 0) is 4.74 Å². The minimum absolute atomic E-state index is 0.137. The number of nitrogens with zero attached hydrogens (tertiary/aromatic N) is 1. The van der Waals surface area contributed by atoms with Gasteiger partial charge in [0.1, 0.15) is 0 Å². The third-order valence-corrected chi connectivity index (χ3v) is 5.50. The lowest BCUT2D eigenvalue weighted by Gasteiger charge is -2.37. The summed E-state index contributed by atoms with van der Waals surface area (Å²) >= 11 is 0. The van der Waals surface area contributed by atoms with Crippen molar-refractivity contribution in [2.75, 3.05) is 19.7 Å². The number of ether oxygens (including phenoxy) is 1. The molecule has 2 unspecified atom stereocenters. The van der Waals surface area contributed by atoms with E-state index < -0.39 is 0 Å². The number of carbonyl (C=O) groups is 1. The first-order valence-corrected chi connectivity index (χ1v) is 8.94. The van der Waals surface area contributed by atoms with Crippen molar-refractivity contribution < 1.29 is 9.53 Å². The first kappa shape index (κ1) is 15.1. The van der Waals surface area contributed by atoms with Gasteiger partial charge in [0.15, 0.2) is 0 Å². The van der Waals surface area contributed by atoms with Gasteiger partial charge in [-0.3, -0.25) is 0 Å².